The maximum absolute atomic E-state index is 13.9. The first-order chi connectivity index (χ1) is 24.8. The molecule has 4 amide bonds. The Hall–Kier alpha value is -5.96. The Bertz CT molecular complexity index is 1670. The Morgan fingerprint density at radius 1 is 0.577 bits per heavy atom. The van der Waals surface area contributed by atoms with Crippen molar-refractivity contribution in [2.75, 3.05) is 13.1 Å². The maximum atomic E-state index is 13.9. The monoisotopic (exact) mass is 713 g/mol. The third kappa shape index (κ3) is 14.1. The molecular weight excluding hydrogens is 662 g/mol. The number of rotatable bonds is 20. The summed E-state index contributed by atoms with van der Waals surface area (Å²) in [5, 5.41) is 8.18. The molecule has 0 unspecified atom stereocenters. The Labute approximate surface area is 304 Å². The van der Waals surface area contributed by atoms with Crippen LogP contribution in [0.4, 0.5) is 0 Å². The van der Waals surface area contributed by atoms with Crippen LogP contribution in [-0.2, 0) is 32.0 Å². The van der Waals surface area contributed by atoms with Crippen LogP contribution in [-0.4, -0.2) is 72.8 Å². The third-order valence-electron chi connectivity index (χ3n) is 8.23. The molecule has 0 aliphatic heterocycles. The standard InChI is InChI=1S/C37H51N11O4/c1-23-11-13-25(14-12-23)22-31(35(52)46-29(32(39)49)9-5-19-44-36(40)41)48-34(51)30(10-6-20-45-37(42)43)47-33(50)28(38)21-24-15-17-27(18-16-24)26-7-3-2-4-8-26/h2-4,7-8,11-18,28-31H,5-6,9-10,19-22,38H2,1H3,(H2,39,49)(H,46,52)(H,47,50)(H,48,51)(H4,40,41,44)(H4,42,43,45)/t28-,29-,30-,31-/m0/s1. The fraction of sp³-hybridized carbons (Fsp3) is 0.351. The van der Waals surface area contributed by atoms with Crippen molar-refractivity contribution in [1.82, 2.24) is 16.0 Å². The van der Waals surface area contributed by atoms with E-state index in [-0.39, 0.29) is 50.7 Å². The molecule has 3 aromatic rings. The van der Waals surface area contributed by atoms with Gasteiger partial charge in [0.15, 0.2) is 11.9 Å². The normalized spacial score (nSPS) is 13.0. The fourth-order valence-corrected chi connectivity index (χ4v) is 5.36. The number of carbonyl (C=O) groups excluding carboxylic acids is 4. The predicted octanol–water partition coefficient (Wildman–Crippen LogP) is -0.179. The molecule has 0 saturated carbocycles. The lowest BCUT2D eigenvalue weighted by molar-refractivity contribution is -0.133. The third-order valence-corrected chi connectivity index (χ3v) is 8.23. The molecule has 15 heteroatoms. The van der Waals surface area contributed by atoms with Crippen molar-refractivity contribution in [3.05, 3.63) is 95.6 Å². The molecule has 3 aromatic carbocycles. The number of nitrogens with one attached hydrogen (secondary N) is 3. The minimum atomic E-state index is -1.14. The molecule has 0 fully saturated rings. The predicted molar refractivity (Wildman–Crippen MR) is 203 cm³/mol. The number of aliphatic imine (C=N–C) groups is 2. The van der Waals surface area contributed by atoms with Gasteiger partial charge in [-0.3, -0.25) is 29.2 Å². The Morgan fingerprint density at radius 2 is 1.04 bits per heavy atom. The average molecular weight is 714 g/mol. The highest BCUT2D eigenvalue weighted by molar-refractivity contribution is 5.94. The maximum Gasteiger partial charge on any atom is 0.243 e. The van der Waals surface area contributed by atoms with E-state index in [1.807, 2.05) is 85.8 Å². The van der Waals surface area contributed by atoms with Crippen molar-refractivity contribution in [3.63, 3.8) is 0 Å². The number of primary amides is 1. The fourth-order valence-electron chi connectivity index (χ4n) is 5.36. The van der Waals surface area contributed by atoms with Gasteiger partial charge >= 0.3 is 0 Å². The smallest absolute Gasteiger partial charge is 0.243 e. The number of nitrogens with two attached hydrogens (primary N) is 6. The highest BCUT2D eigenvalue weighted by Gasteiger charge is 2.30. The molecule has 0 aliphatic carbocycles. The van der Waals surface area contributed by atoms with Gasteiger partial charge in [-0.05, 0) is 61.3 Å². The van der Waals surface area contributed by atoms with Crippen LogP contribution in [0.1, 0.15) is 42.4 Å². The van der Waals surface area contributed by atoms with Crippen LogP contribution < -0.4 is 50.4 Å². The topological polar surface area (TPSA) is 285 Å². The van der Waals surface area contributed by atoms with E-state index in [2.05, 4.69) is 25.9 Å². The number of benzene rings is 3. The SMILES string of the molecule is Cc1ccc(C[C@H](NC(=O)[C@H](CCCN=C(N)N)NC(=O)[C@@H](N)Cc2ccc(-c3ccccc3)cc2)C(=O)N[C@@H](CCCN=C(N)N)C(N)=O)cc1. The molecule has 278 valence electrons. The van der Waals surface area contributed by atoms with Gasteiger partial charge in [-0.2, -0.15) is 0 Å². The number of nitrogens with zero attached hydrogens (tertiary/aromatic N) is 2. The van der Waals surface area contributed by atoms with Gasteiger partial charge in [0.1, 0.15) is 18.1 Å². The number of carbonyl (C=O) groups is 4. The van der Waals surface area contributed by atoms with E-state index in [0.717, 1.165) is 27.8 Å². The van der Waals surface area contributed by atoms with E-state index >= 15 is 0 Å². The van der Waals surface area contributed by atoms with Crippen LogP contribution in [0.3, 0.4) is 0 Å². The summed E-state index contributed by atoms with van der Waals surface area (Å²) in [4.78, 5) is 61.0. The van der Waals surface area contributed by atoms with Crippen LogP contribution in [0.2, 0.25) is 0 Å². The number of hydrogen-bond acceptors (Lipinski definition) is 7. The minimum Gasteiger partial charge on any atom is -0.370 e. The van der Waals surface area contributed by atoms with Crippen LogP contribution in [0.25, 0.3) is 11.1 Å². The number of guanidine groups is 2. The zero-order chi connectivity index (χ0) is 38.0. The van der Waals surface area contributed by atoms with Crippen LogP contribution in [0.5, 0.6) is 0 Å². The molecule has 52 heavy (non-hydrogen) atoms. The van der Waals surface area contributed by atoms with E-state index in [1.165, 1.54) is 0 Å². The molecule has 0 spiro atoms. The quantitative estimate of drug-likeness (QED) is 0.0426. The first kappa shape index (κ1) is 40.5. The van der Waals surface area contributed by atoms with Crippen molar-refractivity contribution in [3.8, 4) is 11.1 Å². The zero-order valence-electron chi connectivity index (χ0n) is 29.5. The first-order valence-electron chi connectivity index (χ1n) is 17.1. The van der Waals surface area contributed by atoms with Gasteiger partial charge in [-0.25, -0.2) is 0 Å². The molecule has 0 heterocycles. The van der Waals surface area contributed by atoms with E-state index in [9.17, 15) is 19.2 Å². The summed E-state index contributed by atoms with van der Waals surface area (Å²) in [6.45, 7) is 2.36. The summed E-state index contributed by atoms with van der Waals surface area (Å²) >= 11 is 0. The van der Waals surface area contributed by atoms with Crippen molar-refractivity contribution >= 4 is 35.5 Å². The zero-order valence-corrected chi connectivity index (χ0v) is 29.5. The summed E-state index contributed by atoms with van der Waals surface area (Å²) < 4.78 is 0. The van der Waals surface area contributed by atoms with E-state index in [4.69, 9.17) is 34.4 Å². The van der Waals surface area contributed by atoms with Crippen LogP contribution in [0, 0.1) is 6.92 Å². The molecule has 0 saturated heterocycles. The molecular formula is C37H51N11O4. The minimum absolute atomic E-state index is 0.0878. The lowest BCUT2D eigenvalue weighted by Gasteiger charge is -2.25. The molecule has 0 aliphatic rings. The molecule has 15 N–H and O–H groups in total. The molecule has 15 nitrogen and oxygen atoms in total. The molecule has 4 atom stereocenters. The van der Waals surface area contributed by atoms with Crippen LogP contribution >= 0.6 is 0 Å². The van der Waals surface area contributed by atoms with Crippen molar-refractivity contribution < 1.29 is 19.2 Å². The highest BCUT2D eigenvalue weighted by Crippen LogP contribution is 2.20. The first-order valence-corrected chi connectivity index (χ1v) is 17.1. The van der Waals surface area contributed by atoms with Gasteiger partial charge in [-0.1, -0.05) is 84.4 Å². The summed E-state index contributed by atoms with van der Waals surface area (Å²) in [6, 6.07) is 20.8. The van der Waals surface area contributed by atoms with Gasteiger partial charge in [-0.15, -0.1) is 0 Å². The van der Waals surface area contributed by atoms with Gasteiger partial charge in [0, 0.05) is 19.5 Å². The summed E-state index contributed by atoms with van der Waals surface area (Å²) in [5.74, 6) is -2.79. The van der Waals surface area contributed by atoms with Gasteiger partial charge in [0.2, 0.25) is 23.6 Å². The largest absolute Gasteiger partial charge is 0.370 e. The molecule has 3 rings (SSSR count). The number of amides is 4. The highest BCUT2D eigenvalue weighted by atomic mass is 16.2. The van der Waals surface area contributed by atoms with Crippen molar-refractivity contribution in [2.45, 2.75) is 69.6 Å². The van der Waals surface area contributed by atoms with E-state index < -0.39 is 47.8 Å². The second-order valence-corrected chi connectivity index (χ2v) is 12.5. The second kappa shape index (κ2) is 20.7. The molecule has 0 radical (unpaired) electrons. The summed E-state index contributed by atoms with van der Waals surface area (Å²) in [6.07, 6.45) is 1.31. The van der Waals surface area contributed by atoms with Crippen LogP contribution in [0.15, 0.2) is 88.8 Å². The van der Waals surface area contributed by atoms with E-state index in [0.29, 0.717) is 12.8 Å². The number of hydrogen-bond donors (Lipinski definition) is 9. The van der Waals surface area contributed by atoms with Gasteiger partial charge in [0.25, 0.3) is 0 Å². The van der Waals surface area contributed by atoms with Gasteiger partial charge in [0.05, 0.1) is 6.04 Å². The number of aryl methyl sites for hydroxylation is 1. The van der Waals surface area contributed by atoms with Crippen molar-refractivity contribution in [1.29, 1.82) is 0 Å². The van der Waals surface area contributed by atoms with Crippen molar-refractivity contribution in [2.24, 2.45) is 44.4 Å². The lowest BCUT2D eigenvalue weighted by Crippen LogP contribution is -2.58. The molecule has 0 aromatic heterocycles. The summed E-state index contributed by atoms with van der Waals surface area (Å²) in [5.41, 5.74) is 38.3. The van der Waals surface area contributed by atoms with E-state index in [1.54, 1.807) is 0 Å². The van der Waals surface area contributed by atoms with Gasteiger partial charge < -0.3 is 50.4 Å². The molecule has 0 bridgehead atoms. The second-order valence-electron chi connectivity index (χ2n) is 12.5. The summed E-state index contributed by atoms with van der Waals surface area (Å²) in [7, 11) is 0. The Morgan fingerprint density at radius 3 is 1.60 bits per heavy atom. The lowest BCUT2D eigenvalue weighted by atomic mass is 10.00. The average Bonchev–Trinajstić information content (AvgIpc) is 3.11. The Kier molecular flexibility index (Phi) is 16.1. The Balaban J connectivity index is 1.77.